The number of fused-ring (bicyclic) bond motifs is 1. The first-order chi connectivity index (χ1) is 16.5. The zero-order valence-corrected chi connectivity index (χ0v) is 20.1. The third kappa shape index (κ3) is 4.22. The van der Waals surface area contributed by atoms with Crippen molar-refractivity contribution >= 4 is 28.1 Å². The number of nitrogens with zero attached hydrogens (tertiary/aromatic N) is 5. The number of ether oxygens (including phenoxy) is 1. The molecule has 34 heavy (non-hydrogen) atoms. The Hall–Kier alpha value is -3.50. The molecule has 3 heterocycles. The van der Waals surface area contributed by atoms with Crippen LogP contribution in [0.15, 0.2) is 69.9 Å². The summed E-state index contributed by atoms with van der Waals surface area (Å²) in [4.78, 5) is 17.8. The molecular formula is C24H20FN5O2S2. The molecule has 2 aromatic carbocycles. The number of benzene rings is 2. The van der Waals surface area contributed by atoms with Gasteiger partial charge in [-0.15, -0.1) is 21.5 Å². The van der Waals surface area contributed by atoms with Crippen molar-refractivity contribution in [1.29, 1.82) is 0 Å². The highest BCUT2D eigenvalue weighted by Crippen LogP contribution is 2.31. The van der Waals surface area contributed by atoms with E-state index < -0.39 is 0 Å². The van der Waals surface area contributed by atoms with Crippen molar-refractivity contribution in [3.63, 3.8) is 0 Å². The first-order valence-corrected chi connectivity index (χ1v) is 12.4. The van der Waals surface area contributed by atoms with E-state index in [2.05, 4.69) is 15.2 Å². The van der Waals surface area contributed by atoms with E-state index >= 15 is 0 Å². The molecule has 0 atom stereocenters. The lowest BCUT2D eigenvalue weighted by Gasteiger charge is -2.11. The molecule has 0 saturated carbocycles. The lowest BCUT2D eigenvalue weighted by Crippen LogP contribution is -2.14. The van der Waals surface area contributed by atoms with Gasteiger partial charge in [0.15, 0.2) is 15.9 Å². The fourth-order valence-electron chi connectivity index (χ4n) is 3.58. The van der Waals surface area contributed by atoms with Crippen LogP contribution in [0.3, 0.4) is 0 Å². The first kappa shape index (κ1) is 22.3. The molecule has 0 N–H and O–H groups in total. The van der Waals surface area contributed by atoms with Crippen LogP contribution in [0.2, 0.25) is 0 Å². The molecule has 0 spiro atoms. The second kappa shape index (κ2) is 9.40. The molecule has 0 saturated heterocycles. The molecule has 0 unspecified atom stereocenters. The summed E-state index contributed by atoms with van der Waals surface area (Å²) >= 11 is 2.77. The van der Waals surface area contributed by atoms with Crippen molar-refractivity contribution in [2.75, 3.05) is 6.61 Å². The highest BCUT2D eigenvalue weighted by molar-refractivity contribution is 7.98. The Morgan fingerprint density at radius 2 is 1.91 bits per heavy atom. The summed E-state index contributed by atoms with van der Waals surface area (Å²) < 4.78 is 23.6. The van der Waals surface area contributed by atoms with Crippen LogP contribution in [0.25, 0.3) is 22.0 Å². The summed E-state index contributed by atoms with van der Waals surface area (Å²) in [7, 11) is 0. The predicted octanol–water partition coefficient (Wildman–Crippen LogP) is 5.14. The number of para-hydroxylation sites is 1. The smallest absolute Gasteiger partial charge is 0.258 e. The molecule has 3 aromatic heterocycles. The van der Waals surface area contributed by atoms with Crippen molar-refractivity contribution < 1.29 is 9.13 Å². The molecule has 172 valence electrons. The van der Waals surface area contributed by atoms with Gasteiger partial charge in [0.25, 0.3) is 5.56 Å². The number of rotatable bonds is 7. The van der Waals surface area contributed by atoms with Crippen LogP contribution < -0.4 is 10.3 Å². The van der Waals surface area contributed by atoms with Gasteiger partial charge >= 0.3 is 0 Å². The van der Waals surface area contributed by atoms with Crippen LogP contribution >= 0.6 is 23.1 Å². The van der Waals surface area contributed by atoms with Gasteiger partial charge in [0.05, 0.1) is 18.0 Å². The van der Waals surface area contributed by atoms with E-state index in [0.29, 0.717) is 39.7 Å². The Morgan fingerprint density at radius 3 is 2.68 bits per heavy atom. The zero-order chi connectivity index (χ0) is 23.7. The lowest BCUT2D eigenvalue weighted by atomic mass is 10.2. The molecule has 0 aliphatic heterocycles. The summed E-state index contributed by atoms with van der Waals surface area (Å²) in [6.45, 7) is 4.37. The summed E-state index contributed by atoms with van der Waals surface area (Å²) in [5.74, 6) is 1.25. The third-order valence-electron chi connectivity index (χ3n) is 5.13. The van der Waals surface area contributed by atoms with Crippen LogP contribution in [-0.4, -0.2) is 30.8 Å². The van der Waals surface area contributed by atoms with Crippen molar-refractivity contribution in [2.45, 2.75) is 24.8 Å². The molecule has 0 fully saturated rings. The Balaban J connectivity index is 1.52. The lowest BCUT2D eigenvalue weighted by molar-refractivity contribution is 0.340. The molecule has 0 amide bonds. The minimum absolute atomic E-state index is 0.120. The molecule has 7 nitrogen and oxygen atoms in total. The Labute approximate surface area is 202 Å². The van der Waals surface area contributed by atoms with E-state index in [0.717, 1.165) is 17.0 Å². The van der Waals surface area contributed by atoms with Crippen LogP contribution in [0.1, 0.15) is 18.3 Å². The minimum Gasteiger partial charge on any atom is -0.494 e. The number of hydrogen-bond donors (Lipinski definition) is 0. The predicted molar refractivity (Wildman–Crippen MR) is 132 cm³/mol. The van der Waals surface area contributed by atoms with Gasteiger partial charge in [0.2, 0.25) is 0 Å². The van der Waals surface area contributed by atoms with Gasteiger partial charge in [0, 0.05) is 28.5 Å². The van der Waals surface area contributed by atoms with Gasteiger partial charge in [-0.1, -0.05) is 23.9 Å². The van der Waals surface area contributed by atoms with Crippen LogP contribution in [-0.2, 0) is 5.75 Å². The number of thioether (sulfide) groups is 1. The van der Waals surface area contributed by atoms with Gasteiger partial charge in [-0.2, -0.15) is 0 Å². The summed E-state index contributed by atoms with van der Waals surface area (Å²) in [6.07, 6.45) is 0. The standard InChI is InChI=1S/C24H20FN5O2S2/c1-3-32-18-10-8-16(9-11-18)22-27-28-24(30(22)20-7-5-4-6-19(20)25)34-14-17-12-21(31)29-15(2)13-33-23(29)26-17/h4-13H,3,14H2,1-2H3. The van der Waals surface area contributed by atoms with Crippen LogP contribution in [0.4, 0.5) is 4.39 Å². The molecule has 10 heteroatoms. The molecule has 0 bridgehead atoms. The Morgan fingerprint density at radius 1 is 1.12 bits per heavy atom. The molecule has 5 aromatic rings. The first-order valence-electron chi connectivity index (χ1n) is 10.6. The maximum Gasteiger partial charge on any atom is 0.258 e. The third-order valence-corrected chi connectivity index (χ3v) is 7.03. The minimum atomic E-state index is -0.386. The van der Waals surface area contributed by atoms with Crippen LogP contribution in [0, 0.1) is 12.7 Å². The summed E-state index contributed by atoms with van der Waals surface area (Å²) in [5, 5.41) is 11.1. The van der Waals surface area contributed by atoms with Gasteiger partial charge < -0.3 is 4.74 Å². The molecular weight excluding hydrogens is 473 g/mol. The molecule has 5 rings (SSSR count). The van der Waals surface area contributed by atoms with E-state index in [1.165, 1.54) is 35.2 Å². The molecule has 0 radical (unpaired) electrons. The molecule has 0 aliphatic carbocycles. The number of halogens is 1. The summed E-state index contributed by atoms with van der Waals surface area (Å²) in [5.41, 5.74) is 2.48. The number of thiazole rings is 1. The van der Waals surface area contributed by atoms with Gasteiger partial charge in [-0.25, -0.2) is 9.37 Å². The van der Waals surface area contributed by atoms with Crippen molar-refractivity contribution in [1.82, 2.24) is 24.1 Å². The quantitative estimate of drug-likeness (QED) is 0.292. The highest BCUT2D eigenvalue weighted by atomic mass is 32.2. The van der Waals surface area contributed by atoms with Gasteiger partial charge in [-0.3, -0.25) is 13.8 Å². The Kier molecular flexibility index (Phi) is 6.16. The average Bonchev–Trinajstić information content (AvgIpc) is 3.42. The van der Waals surface area contributed by atoms with Gasteiger partial charge in [0.1, 0.15) is 11.6 Å². The number of aromatic nitrogens is 5. The monoisotopic (exact) mass is 493 g/mol. The van der Waals surface area contributed by atoms with E-state index in [4.69, 9.17) is 4.74 Å². The normalized spacial score (nSPS) is 11.3. The second-order valence-electron chi connectivity index (χ2n) is 7.42. The number of aryl methyl sites for hydroxylation is 1. The maximum absolute atomic E-state index is 14.8. The topological polar surface area (TPSA) is 74.3 Å². The summed E-state index contributed by atoms with van der Waals surface area (Å²) in [6, 6.07) is 15.5. The fourth-order valence-corrected chi connectivity index (χ4v) is 5.31. The van der Waals surface area contributed by atoms with E-state index in [1.54, 1.807) is 27.2 Å². The Bertz CT molecular complexity index is 1520. The van der Waals surface area contributed by atoms with E-state index in [9.17, 15) is 9.18 Å². The van der Waals surface area contributed by atoms with Crippen molar-refractivity contribution in [3.05, 3.63) is 87.5 Å². The van der Waals surface area contributed by atoms with Crippen molar-refractivity contribution in [3.8, 4) is 22.8 Å². The maximum atomic E-state index is 14.8. The number of hydrogen-bond acceptors (Lipinski definition) is 7. The van der Waals surface area contributed by atoms with Crippen molar-refractivity contribution in [2.24, 2.45) is 0 Å². The SMILES string of the molecule is CCOc1ccc(-c2nnc(SCc3cc(=O)n4c(C)csc4n3)n2-c2ccccc2F)cc1. The van der Waals surface area contributed by atoms with E-state index in [1.807, 2.05) is 43.5 Å². The largest absolute Gasteiger partial charge is 0.494 e. The van der Waals surface area contributed by atoms with E-state index in [-0.39, 0.29) is 11.4 Å². The zero-order valence-electron chi connectivity index (χ0n) is 18.4. The average molecular weight is 494 g/mol. The fraction of sp³-hybridized carbons (Fsp3) is 0.167. The second-order valence-corrected chi connectivity index (χ2v) is 9.20. The van der Waals surface area contributed by atoms with Gasteiger partial charge in [-0.05, 0) is 50.2 Å². The molecule has 0 aliphatic rings. The highest BCUT2D eigenvalue weighted by Gasteiger charge is 2.19. The van der Waals surface area contributed by atoms with Crippen LogP contribution in [0.5, 0.6) is 5.75 Å².